The molecule has 0 aromatic heterocycles. The number of benzene rings is 2. The van der Waals surface area contributed by atoms with Crippen LogP contribution in [0.2, 0.25) is 0 Å². The highest BCUT2D eigenvalue weighted by atomic mass is 16.5. The Morgan fingerprint density at radius 3 is 2.39 bits per heavy atom. The molecule has 2 rings (SSSR count). The molecule has 2 aromatic rings. The predicted molar refractivity (Wildman–Crippen MR) is 89.2 cm³/mol. The second-order valence-electron chi connectivity index (χ2n) is 5.65. The maximum Gasteiger partial charge on any atom is 0.338 e. The zero-order valence-electron chi connectivity index (χ0n) is 13.6. The molecule has 0 aliphatic rings. The third-order valence-electron chi connectivity index (χ3n) is 3.54. The fourth-order valence-electron chi connectivity index (χ4n) is 2.21. The van der Waals surface area contributed by atoms with E-state index in [2.05, 4.69) is 5.32 Å². The van der Waals surface area contributed by atoms with Gasteiger partial charge in [0.2, 0.25) is 0 Å². The molecule has 1 amide bonds. The van der Waals surface area contributed by atoms with E-state index in [1.165, 1.54) is 5.56 Å². The number of amides is 1. The summed E-state index contributed by atoms with van der Waals surface area (Å²) in [6.45, 7) is 5.51. The van der Waals surface area contributed by atoms with Crippen LogP contribution in [0.3, 0.4) is 0 Å². The largest absolute Gasteiger partial charge is 0.452 e. The van der Waals surface area contributed by atoms with Crippen LogP contribution in [0.15, 0.2) is 48.5 Å². The first-order valence-electron chi connectivity index (χ1n) is 7.55. The second kappa shape index (κ2) is 7.58. The summed E-state index contributed by atoms with van der Waals surface area (Å²) in [5, 5.41) is 2.82. The SMILES string of the molecule is Cc1ccc([C@@H](C)NC(=O)COC(=O)c2cccc(C)c2)cc1. The van der Waals surface area contributed by atoms with Crippen LogP contribution < -0.4 is 5.32 Å². The molecular weight excluding hydrogens is 290 g/mol. The van der Waals surface area contributed by atoms with Crippen LogP contribution in [-0.4, -0.2) is 18.5 Å². The Bertz CT molecular complexity index is 692. The van der Waals surface area contributed by atoms with E-state index in [1.807, 2.05) is 51.1 Å². The van der Waals surface area contributed by atoms with Gasteiger partial charge in [0.15, 0.2) is 6.61 Å². The van der Waals surface area contributed by atoms with Crippen LogP contribution in [0.4, 0.5) is 0 Å². The fraction of sp³-hybridized carbons (Fsp3) is 0.263. The maximum atomic E-state index is 11.9. The molecule has 0 aliphatic carbocycles. The molecule has 1 atom stereocenters. The minimum Gasteiger partial charge on any atom is -0.452 e. The quantitative estimate of drug-likeness (QED) is 0.862. The van der Waals surface area contributed by atoms with Crippen molar-refractivity contribution in [1.82, 2.24) is 5.32 Å². The Labute approximate surface area is 136 Å². The van der Waals surface area contributed by atoms with E-state index in [0.717, 1.165) is 11.1 Å². The molecule has 0 heterocycles. The van der Waals surface area contributed by atoms with Crippen LogP contribution in [0, 0.1) is 13.8 Å². The zero-order chi connectivity index (χ0) is 16.8. The summed E-state index contributed by atoms with van der Waals surface area (Å²) in [6.07, 6.45) is 0. The van der Waals surface area contributed by atoms with E-state index in [1.54, 1.807) is 18.2 Å². The highest BCUT2D eigenvalue weighted by Crippen LogP contribution is 2.13. The van der Waals surface area contributed by atoms with E-state index in [4.69, 9.17) is 4.74 Å². The van der Waals surface area contributed by atoms with Gasteiger partial charge in [0.05, 0.1) is 11.6 Å². The van der Waals surface area contributed by atoms with Gasteiger partial charge in [0, 0.05) is 0 Å². The molecule has 23 heavy (non-hydrogen) atoms. The van der Waals surface area contributed by atoms with Gasteiger partial charge in [0.1, 0.15) is 0 Å². The average Bonchev–Trinajstić information content (AvgIpc) is 2.53. The normalized spacial score (nSPS) is 11.6. The third kappa shape index (κ3) is 4.95. The summed E-state index contributed by atoms with van der Waals surface area (Å²) < 4.78 is 5.05. The van der Waals surface area contributed by atoms with Gasteiger partial charge in [-0.2, -0.15) is 0 Å². The number of ether oxygens (including phenoxy) is 1. The molecule has 0 unspecified atom stereocenters. The molecule has 0 saturated carbocycles. The molecule has 0 spiro atoms. The van der Waals surface area contributed by atoms with Gasteiger partial charge in [-0.1, -0.05) is 47.5 Å². The van der Waals surface area contributed by atoms with Gasteiger partial charge in [-0.25, -0.2) is 4.79 Å². The van der Waals surface area contributed by atoms with Crippen LogP contribution >= 0.6 is 0 Å². The molecule has 2 aromatic carbocycles. The van der Waals surface area contributed by atoms with Gasteiger partial charge in [-0.15, -0.1) is 0 Å². The van der Waals surface area contributed by atoms with Crippen molar-refractivity contribution in [2.24, 2.45) is 0 Å². The van der Waals surface area contributed by atoms with Gasteiger partial charge < -0.3 is 10.1 Å². The number of esters is 1. The Balaban J connectivity index is 1.85. The van der Waals surface area contributed by atoms with E-state index < -0.39 is 5.97 Å². The smallest absolute Gasteiger partial charge is 0.338 e. The van der Waals surface area contributed by atoms with E-state index in [-0.39, 0.29) is 18.6 Å². The van der Waals surface area contributed by atoms with E-state index >= 15 is 0 Å². The standard InChI is InChI=1S/C19H21NO3/c1-13-7-9-16(10-8-13)15(3)20-18(21)12-23-19(22)17-6-4-5-14(2)11-17/h4-11,15H,12H2,1-3H3,(H,20,21)/t15-/m1/s1. The first kappa shape index (κ1) is 16.7. The number of rotatable bonds is 5. The minimum absolute atomic E-state index is 0.138. The lowest BCUT2D eigenvalue weighted by atomic mass is 10.1. The molecular formula is C19H21NO3. The molecule has 4 nitrogen and oxygen atoms in total. The highest BCUT2D eigenvalue weighted by Gasteiger charge is 2.13. The Kier molecular flexibility index (Phi) is 5.52. The summed E-state index contributed by atoms with van der Waals surface area (Å²) in [4.78, 5) is 23.8. The number of nitrogens with one attached hydrogen (secondary N) is 1. The summed E-state index contributed by atoms with van der Waals surface area (Å²) in [5.41, 5.74) is 3.59. The number of hydrogen-bond donors (Lipinski definition) is 1. The maximum absolute atomic E-state index is 11.9. The lowest BCUT2D eigenvalue weighted by Crippen LogP contribution is -2.31. The van der Waals surface area contributed by atoms with Crippen molar-refractivity contribution in [2.75, 3.05) is 6.61 Å². The number of carbonyl (C=O) groups is 2. The van der Waals surface area contributed by atoms with Crippen LogP contribution in [-0.2, 0) is 9.53 Å². The zero-order valence-corrected chi connectivity index (χ0v) is 13.6. The van der Waals surface area contributed by atoms with Crippen molar-refractivity contribution >= 4 is 11.9 Å². The van der Waals surface area contributed by atoms with Gasteiger partial charge >= 0.3 is 5.97 Å². The van der Waals surface area contributed by atoms with Crippen LogP contribution in [0.1, 0.15) is 40.0 Å². The lowest BCUT2D eigenvalue weighted by molar-refractivity contribution is -0.124. The Morgan fingerprint density at radius 1 is 1.04 bits per heavy atom. The molecule has 120 valence electrons. The van der Waals surface area contributed by atoms with Crippen molar-refractivity contribution in [3.8, 4) is 0 Å². The van der Waals surface area contributed by atoms with Crippen molar-refractivity contribution in [1.29, 1.82) is 0 Å². The topological polar surface area (TPSA) is 55.4 Å². The molecule has 4 heteroatoms. The molecule has 1 N–H and O–H groups in total. The van der Waals surface area contributed by atoms with Gasteiger partial charge in [0.25, 0.3) is 5.91 Å². The minimum atomic E-state index is -0.494. The third-order valence-corrected chi connectivity index (χ3v) is 3.54. The predicted octanol–water partition coefficient (Wildman–Crippen LogP) is 3.34. The molecule has 0 saturated heterocycles. The first-order chi connectivity index (χ1) is 11.0. The van der Waals surface area contributed by atoms with Gasteiger partial charge in [-0.3, -0.25) is 4.79 Å². The summed E-state index contributed by atoms with van der Waals surface area (Å²) in [5.74, 6) is -0.814. The van der Waals surface area contributed by atoms with Crippen molar-refractivity contribution in [2.45, 2.75) is 26.8 Å². The number of hydrogen-bond acceptors (Lipinski definition) is 3. The Hall–Kier alpha value is -2.62. The molecule has 0 fully saturated rings. The van der Waals surface area contributed by atoms with E-state index in [9.17, 15) is 9.59 Å². The van der Waals surface area contributed by atoms with Crippen LogP contribution in [0.25, 0.3) is 0 Å². The van der Waals surface area contributed by atoms with E-state index in [0.29, 0.717) is 5.56 Å². The summed E-state index contributed by atoms with van der Waals surface area (Å²) >= 11 is 0. The molecule has 0 bridgehead atoms. The van der Waals surface area contributed by atoms with Crippen molar-refractivity contribution in [3.05, 3.63) is 70.8 Å². The summed E-state index contributed by atoms with van der Waals surface area (Å²) in [7, 11) is 0. The second-order valence-corrected chi connectivity index (χ2v) is 5.65. The summed E-state index contributed by atoms with van der Waals surface area (Å²) in [6, 6.07) is 14.9. The number of carbonyl (C=O) groups excluding carboxylic acids is 2. The Morgan fingerprint density at radius 2 is 1.74 bits per heavy atom. The lowest BCUT2D eigenvalue weighted by Gasteiger charge is -2.14. The molecule has 0 radical (unpaired) electrons. The van der Waals surface area contributed by atoms with Crippen molar-refractivity contribution < 1.29 is 14.3 Å². The molecule has 0 aliphatic heterocycles. The van der Waals surface area contributed by atoms with Gasteiger partial charge in [-0.05, 0) is 38.5 Å². The highest BCUT2D eigenvalue weighted by molar-refractivity contribution is 5.91. The monoisotopic (exact) mass is 311 g/mol. The van der Waals surface area contributed by atoms with Crippen LogP contribution in [0.5, 0.6) is 0 Å². The first-order valence-corrected chi connectivity index (χ1v) is 7.55. The van der Waals surface area contributed by atoms with Crippen molar-refractivity contribution in [3.63, 3.8) is 0 Å². The number of aryl methyl sites for hydroxylation is 2. The average molecular weight is 311 g/mol. The fourth-order valence-corrected chi connectivity index (χ4v) is 2.21.